The summed E-state index contributed by atoms with van der Waals surface area (Å²) in [5, 5.41) is 15.0. The first-order valence-corrected chi connectivity index (χ1v) is 4.82. The van der Waals surface area contributed by atoms with Gasteiger partial charge in [0, 0.05) is 24.2 Å². The van der Waals surface area contributed by atoms with Crippen LogP contribution in [0.2, 0.25) is 0 Å². The van der Waals surface area contributed by atoms with E-state index in [1.807, 2.05) is 6.08 Å². The Morgan fingerprint density at radius 2 is 2.38 bits per heavy atom. The number of aliphatic hydroxyl groups is 1. The maximum Gasteiger partial charge on any atom is 0.101 e. The van der Waals surface area contributed by atoms with E-state index in [4.69, 9.17) is 17.3 Å². The summed E-state index contributed by atoms with van der Waals surface area (Å²) in [6.07, 6.45) is 2.82. The van der Waals surface area contributed by atoms with E-state index in [-0.39, 0.29) is 12.1 Å². The van der Waals surface area contributed by atoms with E-state index in [1.54, 1.807) is 0 Å². The molecule has 0 radical (unpaired) electrons. The molecule has 0 fully saturated rings. The van der Waals surface area contributed by atoms with Crippen LogP contribution in [0, 0.1) is 0 Å². The van der Waals surface area contributed by atoms with Gasteiger partial charge < -0.3 is 15.7 Å². The number of hydrogen-bond donors (Lipinski definition) is 3. The molecule has 0 saturated carbocycles. The summed E-state index contributed by atoms with van der Waals surface area (Å²) in [6, 6.07) is 0. The van der Waals surface area contributed by atoms with Crippen molar-refractivity contribution in [3.8, 4) is 0 Å². The molecule has 13 heavy (non-hydrogen) atoms. The average Bonchev–Trinajstić information content (AvgIpc) is 1.97. The van der Waals surface area contributed by atoms with Crippen molar-refractivity contribution in [2.24, 2.45) is 0 Å². The quantitative estimate of drug-likeness (QED) is 0.582. The van der Waals surface area contributed by atoms with E-state index < -0.39 is 0 Å². The minimum atomic E-state index is 0.0175. The maximum absolute atomic E-state index is 8.65. The van der Waals surface area contributed by atoms with Crippen LogP contribution in [0.3, 0.4) is 0 Å². The lowest BCUT2D eigenvalue weighted by Gasteiger charge is -2.32. The van der Waals surface area contributed by atoms with Crippen LogP contribution in [-0.4, -0.2) is 28.8 Å². The smallest absolute Gasteiger partial charge is 0.101 e. The van der Waals surface area contributed by atoms with Crippen LogP contribution < -0.4 is 10.6 Å². The molecule has 1 aliphatic rings. The molecule has 74 valence electrons. The molecule has 0 aromatic rings. The van der Waals surface area contributed by atoms with Gasteiger partial charge in [-0.05, 0) is 19.9 Å². The van der Waals surface area contributed by atoms with Crippen molar-refractivity contribution in [3.63, 3.8) is 0 Å². The van der Waals surface area contributed by atoms with Crippen LogP contribution >= 0.6 is 12.2 Å². The molecule has 1 heterocycles. The lowest BCUT2D eigenvalue weighted by Crippen LogP contribution is -2.47. The molecular formula is C9H16N2OS. The number of hydrogen-bond acceptors (Lipinski definition) is 3. The molecule has 1 rings (SSSR count). The fraction of sp³-hybridized carbons (Fsp3) is 0.667. The van der Waals surface area contributed by atoms with Crippen LogP contribution in [0.4, 0.5) is 0 Å². The summed E-state index contributed by atoms with van der Waals surface area (Å²) >= 11 is 5.09. The van der Waals surface area contributed by atoms with Crippen molar-refractivity contribution in [1.82, 2.24) is 10.6 Å². The highest BCUT2D eigenvalue weighted by Gasteiger charge is 2.23. The molecule has 0 aromatic heterocycles. The van der Waals surface area contributed by atoms with E-state index in [1.165, 1.54) is 0 Å². The third-order valence-corrected chi connectivity index (χ3v) is 2.08. The highest BCUT2D eigenvalue weighted by Crippen LogP contribution is 2.18. The number of rotatable bonds is 3. The van der Waals surface area contributed by atoms with Crippen LogP contribution in [-0.2, 0) is 0 Å². The van der Waals surface area contributed by atoms with Crippen molar-refractivity contribution < 1.29 is 5.11 Å². The SMILES string of the molecule is CC1(C)CC(NCCO)=CC(=S)N1. The minimum Gasteiger partial charge on any atom is -0.395 e. The molecule has 0 bridgehead atoms. The topological polar surface area (TPSA) is 44.3 Å². The van der Waals surface area contributed by atoms with Gasteiger partial charge in [-0.1, -0.05) is 12.2 Å². The third kappa shape index (κ3) is 3.32. The zero-order valence-electron chi connectivity index (χ0n) is 8.05. The predicted octanol–water partition coefficient (Wildman–Crippen LogP) is 0.551. The summed E-state index contributed by atoms with van der Waals surface area (Å²) in [4.78, 5) is 0.761. The Labute approximate surface area is 84.2 Å². The maximum atomic E-state index is 8.65. The number of thiocarbonyl (C=S) groups is 1. The van der Waals surface area contributed by atoms with Gasteiger partial charge in [0.25, 0.3) is 0 Å². The third-order valence-electron chi connectivity index (χ3n) is 1.86. The Morgan fingerprint density at radius 3 is 2.92 bits per heavy atom. The molecule has 1 aliphatic heterocycles. The fourth-order valence-electron chi connectivity index (χ4n) is 1.43. The normalized spacial score (nSPS) is 20.5. The van der Waals surface area contributed by atoms with Gasteiger partial charge in [-0.2, -0.15) is 0 Å². The zero-order chi connectivity index (χ0) is 9.90. The van der Waals surface area contributed by atoms with E-state index in [9.17, 15) is 0 Å². The Balaban J connectivity index is 2.59. The summed E-state index contributed by atoms with van der Waals surface area (Å²) < 4.78 is 0. The van der Waals surface area contributed by atoms with E-state index in [0.717, 1.165) is 17.1 Å². The van der Waals surface area contributed by atoms with Crippen molar-refractivity contribution >= 4 is 17.2 Å². The fourth-order valence-corrected chi connectivity index (χ4v) is 1.85. The molecule has 3 N–H and O–H groups in total. The van der Waals surface area contributed by atoms with Crippen molar-refractivity contribution in [3.05, 3.63) is 11.8 Å². The van der Waals surface area contributed by atoms with Crippen molar-refractivity contribution in [2.75, 3.05) is 13.2 Å². The highest BCUT2D eigenvalue weighted by molar-refractivity contribution is 7.80. The Bertz CT molecular complexity index is 236. The summed E-state index contributed by atoms with van der Waals surface area (Å²) in [6.45, 7) is 4.95. The van der Waals surface area contributed by atoms with Crippen LogP contribution in [0.1, 0.15) is 20.3 Å². The second-order valence-corrected chi connectivity index (χ2v) is 4.31. The minimum absolute atomic E-state index is 0.0175. The van der Waals surface area contributed by atoms with Gasteiger partial charge in [-0.15, -0.1) is 0 Å². The average molecular weight is 200 g/mol. The molecule has 0 atom stereocenters. The van der Waals surface area contributed by atoms with Crippen molar-refractivity contribution in [2.45, 2.75) is 25.8 Å². The molecule has 0 spiro atoms. The molecule has 4 heteroatoms. The number of aliphatic hydroxyl groups excluding tert-OH is 1. The van der Waals surface area contributed by atoms with Gasteiger partial charge in [0.2, 0.25) is 0 Å². The molecular weight excluding hydrogens is 184 g/mol. The first kappa shape index (κ1) is 10.5. The molecule has 0 amide bonds. The van der Waals surface area contributed by atoms with Gasteiger partial charge in [-0.3, -0.25) is 0 Å². The number of nitrogens with one attached hydrogen (secondary N) is 2. The second kappa shape index (κ2) is 4.07. The first-order chi connectivity index (χ1) is 6.03. The molecule has 3 nitrogen and oxygen atoms in total. The van der Waals surface area contributed by atoms with Crippen LogP contribution in [0.5, 0.6) is 0 Å². The van der Waals surface area contributed by atoms with Gasteiger partial charge in [0.05, 0.1) is 6.61 Å². The van der Waals surface area contributed by atoms with Gasteiger partial charge >= 0.3 is 0 Å². The standard InChI is InChI=1S/C9H16N2OS/c1-9(2)6-7(10-3-4-12)5-8(13)11-9/h5,10,12H,3-4,6H2,1-2H3,(H,11,13). The molecule has 0 saturated heterocycles. The monoisotopic (exact) mass is 200 g/mol. The molecule has 0 unspecified atom stereocenters. The van der Waals surface area contributed by atoms with Gasteiger partial charge in [-0.25, -0.2) is 0 Å². The zero-order valence-corrected chi connectivity index (χ0v) is 8.87. The first-order valence-electron chi connectivity index (χ1n) is 4.41. The lowest BCUT2D eigenvalue weighted by atomic mass is 9.95. The highest BCUT2D eigenvalue weighted by atomic mass is 32.1. The van der Waals surface area contributed by atoms with E-state index >= 15 is 0 Å². The van der Waals surface area contributed by atoms with Crippen molar-refractivity contribution in [1.29, 1.82) is 0 Å². The second-order valence-electron chi connectivity index (χ2n) is 3.87. The largest absolute Gasteiger partial charge is 0.395 e. The summed E-state index contributed by atoms with van der Waals surface area (Å²) in [5.74, 6) is 0. The van der Waals surface area contributed by atoms with Gasteiger partial charge in [0.15, 0.2) is 0 Å². The summed E-state index contributed by atoms with van der Waals surface area (Å²) in [7, 11) is 0. The van der Waals surface area contributed by atoms with Crippen LogP contribution in [0.25, 0.3) is 0 Å². The Kier molecular flexibility index (Phi) is 3.27. The molecule has 0 aromatic carbocycles. The van der Waals surface area contributed by atoms with Crippen LogP contribution in [0.15, 0.2) is 11.8 Å². The lowest BCUT2D eigenvalue weighted by molar-refractivity contribution is 0.294. The molecule has 0 aliphatic carbocycles. The van der Waals surface area contributed by atoms with E-state index in [0.29, 0.717) is 6.54 Å². The summed E-state index contributed by atoms with van der Waals surface area (Å²) in [5.41, 5.74) is 1.12. The van der Waals surface area contributed by atoms with Gasteiger partial charge in [0.1, 0.15) is 4.99 Å². The Hall–Kier alpha value is -0.610. The Morgan fingerprint density at radius 1 is 1.69 bits per heavy atom. The predicted molar refractivity (Wildman–Crippen MR) is 57.6 cm³/mol. The van der Waals surface area contributed by atoms with E-state index in [2.05, 4.69) is 24.5 Å².